The maximum absolute atomic E-state index is 12.3. The van der Waals surface area contributed by atoms with Crippen LogP contribution in [0.5, 0.6) is 0 Å². The highest BCUT2D eigenvalue weighted by Gasteiger charge is 2.29. The highest BCUT2D eigenvalue weighted by atomic mass is 32.2. The Morgan fingerprint density at radius 2 is 1.94 bits per heavy atom. The highest BCUT2D eigenvalue weighted by molar-refractivity contribution is 7.92. The normalized spacial score (nSPS) is 20.4. The Morgan fingerprint density at radius 3 is 2.47 bits per heavy atom. The van der Waals surface area contributed by atoms with E-state index in [9.17, 15) is 8.42 Å². The maximum atomic E-state index is 12.3. The Bertz CT molecular complexity index is 291. The Labute approximate surface area is 105 Å². The van der Waals surface area contributed by atoms with Crippen LogP contribution in [0, 0.1) is 0 Å². The first-order valence-corrected chi connectivity index (χ1v) is 8.25. The molecule has 1 aliphatic rings. The SMILES string of the molecule is CCNC(COC)CS(=O)(=O)C1CCCCC1. The molecule has 0 amide bonds. The zero-order valence-corrected chi connectivity index (χ0v) is 11.8. The Morgan fingerprint density at radius 1 is 1.29 bits per heavy atom. The van der Waals surface area contributed by atoms with E-state index in [2.05, 4.69) is 5.32 Å². The van der Waals surface area contributed by atoms with Crippen molar-refractivity contribution in [3.05, 3.63) is 0 Å². The van der Waals surface area contributed by atoms with Gasteiger partial charge in [0.05, 0.1) is 17.6 Å². The van der Waals surface area contributed by atoms with Crippen molar-refractivity contribution in [1.29, 1.82) is 0 Å². The van der Waals surface area contributed by atoms with Gasteiger partial charge in [-0.2, -0.15) is 0 Å². The molecule has 0 spiro atoms. The minimum atomic E-state index is -2.97. The van der Waals surface area contributed by atoms with Crippen molar-refractivity contribution in [3.63, 3.8) is 0 Å². The molecule has 1 aliphatic carbocycles. The van der Waals surface area contributed by atoms with E-state index < -0.39 is 9.84 Å². The lowest BCUT2D eigenvalue weighted by Crippen LogP contribution is -2.42. The van der Waals surface area contributed by atoms with Crippen LogP contribution < -0.4 is 5.32 Å². The second-order valence-electron chi connectivity index (χ2n) is 4.80. The smallest absolute Gasteiger partial charge is 0.154 e. The molecule has 1 saturated carbocycles. The summed E-state index contributed by atoms with van der Waals surface area (Å²) >= 11 is 0. The van der Waals surface area contributed by atoms with Crippen molar-refractivity contribution in [2.24, 2.45) is 0 Å². The molecule has 0 aromatic rings. The molecule has 0 aromatic heterocycles. The molecule has 1 atom stereocenters. The lowest BCUT2D eigenvalue weighted by molar-refractivity contribution is 0.173. The third-order valence-electron chi connectivity index (χ3n) is 3.35. The number of rotatable bonds is 7. The zero-order chi connectivity index (χ0) is 12.7. The van der Waals surface area contributed by atoms with Gasteiger partial charge in [-0.25, -0.2) is 8.42 Å². The molecule has 1 fully saturated rings. The first-order chi connectivity index (χ1) is 8.10. The predicted octanol–water partition coefficient (Wildman–Crippen LogP) is 1.36. The number of sulfone groups is 1. The van der Waals surface area contributed by atoms with E-state index in [-0.39, 0.29) is 17.0 Å². The summed E-state index contributed by atoms with van der Waals surface area (Å²) in [5, 5.41) is 3.06. The highest BCUT2D eigenvalue weighted by Crippen LogP contribution is 2.24. The average molecular weight is 263 g/mol. The van der Waals surface area contributed by atoms with Gasteiger partial charge in [0.1, 0.15) is 0 Å². The van der Waals surface area contributed by atoms with E-state index in [4.69, 9.17) is 4.74 Å². The number of hydrogen-bond donors (Lipinski definition) is 1. The number of methoxy groups -OCH3 is 1. The first kappa shape index (κ1) is 14.9. The summed E-state index contributed by atoms with van der Waals surface area (Å²) < 4.78 is 29.6. The molecule has 0 aromatic carbocycles. The number of hydrogen-bond acceptors (Lipinski definition) is 4. The summed E-state index contributed by atoms with van der Waals surface area (Å²) in [6.07, 6.45) is 4.98. The van der Waals surface area contributed by atoms with E-state index in [0.29, 0.717) is 6.61 Å². The summed E-state index contributed by atoms with van der Waals surface area (Å²) in [4.78, 5) is 0. The fourth-order valence-electron chi connectivity index (χ4n) is 2.50. The molecule has 1 N–H and O–H groups in total. The van der Waals surface area contributed by atoms with Crippen LogP contribution in [0.2, 0.25) is 0 Å². The summed E-state index contributed by atoms with van der Waals surface area (Å²) in [5.74, 6) is 0.208. The van der Waals surface area contributed by atoms with E-state index in [0.717, 1.165) is 32.2 Å². The van der Waals surface area contributed by atoms with Crippen LogP contribution in [-0.2, 0) is 14.6 Å². The van der Waals surface area contributed by atoms with Crippen molar-refractivity contribution < 1.29 is 13.2 Å². The number of ether oxygens (including phenoxy) is 1. The predicted molar refractivity (Wildman–Crippen MR) is 70.0 cm³/mol. The van der Waals surface area contributed by atoms with Gasteiger partial charge in [0.15, 0.2) is 9.84 Å². The van der Waals surface area contributed by atoms with Gasteiger partial charge in [-0.05, 0) is 19.4 Å². The summed E-state index contributed by atoms with van der Waals surface area (Å²) in [5.41, 5.74) is 0. The monoisotopic (exact) mass is 263 g/mol. The lowest BCUT2D eigenvalue weighted by atomic mass is 10.0. The van der Waals surface area contributed by atoms with E-state index in [1.54, 1.807) is 7.11 Å². The lowest BCUT2D eigenvalue weighted by Gasteiger charge is -2.24. The van der Waals surface area contributed by atoms with Crippen LogP contribution in [0.25, 0.3) is 0 Å². The molecule has 17 heavy (non-hydrogen) atoms. The van der Waals surface area contributed by atoms with Gasteiger partial charge in [0, 0.05) is 13.2 Å². The van der Waals surface area contributed by atoms with Crippen molar-refractivity contribution in [3.8, 4) is 0 Å². The molecule has 0 saturated heterocycles. The first-order valence-electron chi connectivity index (χ1n) is 6.54. The van der Waals surface area contributed by atoms with Crippen LogP contribution in [0.1, 0.15) is 39.0 Å². The Balaban J connectivity index is 2.55. The fraction of sp³-hybridized carbons (Fsp3) is 1.00. The quantitative estimate of drug-likeness (QED) is 0.753. The molecule has 102 valence electrons. The van der Waals surface area contributed by atoms with Crippen molar-refractivity contribution >= 4 is 9.84 Å². The van der Waals surface area contributed by atoms with Gasteiger partial charge in [0.2, 0.25) is 0 Å². The van der Waals surface area contributed by atoms with Gasteiger partial charge in [-0.15, -0.1) is 0 Å². The largest absolute Gasteiger partial charge is 0.383 e. The molecule has 4 nitrogen and oxygen atoms in total. The summed E-state index contributed by atoms with van der Waals surface area (Å²) in [7, 11) is -1.36. The van der Waals surface area contributed by atoms with Crippen molar-refractivity contribution in [1.82, 2.24) is 5.32 Å². The molecule has 0 radical (unpaired) electrons. The second kappa shape index (κ2) is 7.34. The molecule has 1 unspecified atom stereocenters. The third kappa shape index (κ3) is 4.94. The van der Waals surface area contributed by atoms with Gasteiger partial charge in [-0.3, -0.25) is 0 Å². The third-order valence-corrected chi connectivity index (χ3v) is 5.71. The van der Waals surface area contributed by atoms with Gasteiger partial charge >= 0.3 is 0 Å². The molecular weight excluding hydrogens is 238 g/mol. The standard InChI is InChI=1S/C12H25NO3S/c1-3-13-11(9-16-2)10-17(14,15)12-7-5-4-6-8-12/h11-13H,3-10H2,1-2H3. The topological polar surface area (TPSA) is 55.4 Å². The van der Waals surface area contributed by atoms with E-state index in [1.807, 2.05) is 6.92 Å². The number of nitrogens with one attached hydrogen (secondary N) is 1. The molecule has 5 heteroatoms. The minimum absolute atomic E-state index is 0.0723. The molecule has 0 bridgehead atoms. The molecule has 1 rings (SSSR count). The second-order valence-corrected chi connectivity index (χ2v) is 7.13. The van der Waals surface area contributed by atoms with Crippen molar-refractivity contribution in [2.75, 3.05) is 26.0 Å². The Kier molecular flexibility index (Phi) is 6.44. The van der Waals surface area contributed by atoms with Gasteiger partial charge in [-0.1, -0.05) is 26.2 Å². The molecule has 0 heterocycles. The van der Waals surface area contributed by atoms with E-state index >= 15 is 0 Å². The van der Waals surface area contributed by atoms with Gasteiger partial charge in [0.25, 0.3) is 0 Å². The van der Waals surface area contributed by atoms with Crippen LogP contribution in [-0.4, -0.2) is 45.7 Å². The molecular formula is C12H25NO3S. The van der Waals surface area contributed by atoms with Gasteiger partial charge < -0.3 is 10.1 Å². The zero-order valence-electron chi connectivity index (χ0n) is 10.9. The average Bonchev–Trinajstić information content (AvgIpc) is 2.30. The maximum Gasteiger partial charge on any atom is 0.154 e. The van der Waals surface area contributed by atoms with Crippen LogP contribution >= 0.6 is 0 Å². The summed E-state index contributed by atoms with van der Waals surface area (Å²) in [6.45, 7) is 3.21. The fourth-order valence-corrected chi connectivity index (χ4v) is 4.60. The van der Waals surface area contributed by atoms with Crippen LogP contribution in [0.3, 0.4) is 0 Å². The minimum Gasteiger partial charge on any atom is -0.383 e. The van der Waals surface area contributed by atoms with Crippen LogP contribution in [0.4, 0.5) is 0 Å². The summed E-state index contributed by atoms with van der Waals surface area (Å²) in [6, 6.07) is -0.0723. The Hall–Kier alpha value is -0.130. The van der Waals surface area contributed by atoms with Crippen molar-refractivity contribution in [2.45, 2.75) is 50.3 Å². The molecule has 0 aliphatic heterocycles. The van der Waals surface area contributed by atoms with Crippen LogP contribution in [0.15, 0.2) is 0 Å². The van der Waals surface area contributed by atoms with E-state index in [1.165, 1.54) is 6.42 Å². The number of likely N-dealkylation sites (N-methyl/N-ethyl adjacent to an activating group) is 1.